The summed E-state index contributed by atoms with van der Waals surface area (Å²) in [4.78, 5) is 12.9. The van der Waals surface area contributed by atoms with Crippen molar-refractivity contribution in [1.82, 2.24) is 10.6 Å². The van der Waals surface area contributed by atoms with Crippen molar-refractivity contribution in [3.05, 3.63) is 71.8 Å². The van der Waals surface area contributed by atoms with Crippen LogP contribution < -0.4 is 10.6 Å². The van der Waals surface area contributed by atoms with Crippen molar-refractivity contribution in [2.75, 3.05) is 13.1 Å². The number of carbonyl (C=O) groups excluding carboxylic acids is 1. The third-order valence-corrected chi connectivity index (χ3v) is 4.34. The van der Waals surface area contributed by atoms with Crippen LogP contribution in [0.3, 0.4) is 0 Å². The van der Waals surface area contributed by atoms with Crippen molar-refractivity contribution in [3.63, 3.8) is 0 Å². The molecule has 2 aromatic rings. The second-order valence-corrected chi connectivity index (χ2v) is 5.96. The van der Waals surface area contributed by atoms with Gasteiger partial charge < -0.3 is 15.7 Å². The molecule has 120 valence electrons. The van der Waals surface area contributed by atoms with E-state index in [1.807, 2.05) is 36.4 Å². The van der Waals surface area contributed by atoms with Gasteiger partial charge in [0.15, 0.2) is 5.60 Å². The molecule has 0 spiro atoms. The largest absolute Gasteiger partial charge is 0.372 e. The second-order valence-electron chi connectivity index (χ2n) is 5.96. The van der Waals surface area contributed by atoms with Crippen molar-refractivity contribution in [2.45, 2.75) is 24.5 Å². The van der Waals surface area contributed by atoms with Crippen molar-refractivity contribution < 1.29 is 9.90 Å². The Morgan fingerprint density at radius 1 is 1.04 bits per heavy atom. The Kier molecular flexibility index (Phi) is 4.74. The number of aliphatic hydroxyl groups is 1. The van der Waals surface area contributed by atoms with Crippen molar-refractivity contribution in [3.8, 4) is 0 Å². The van der Waals surface area contributed by atoms with Crippen LogP contribution in [0.2, 0.25) is 0 Å². The molecule has 0 radical (unpaired) electrons. The zero-order chi connectivity index (χ0) is 16.1. The number of hydrogen-bond donors (Lipinski definition) is 3. The average molecular weight is 310 g/mol. The molecule has 3 rings (SSSR count). The predicted octanol–water partition coefficient (Wildman–Crippen LogP) is 1.79. The van der Waals surface area contributed by atoms with E-state index in [0.29, 0.717) is 11.1 Å². The van der Waals surface area contributed by atoms with Crippen LogP contribution in [0.25, 0.3) is 0 Å². The molecular weight excluding hydrogens is 288 g/mol. The monoisotopic (exact) mass is 310 g/mol. The van der Waals surface area contributed by atoms with Crippen LogP contribution in [0.4, 0.5) is 0 Å². The maximum absolute atomic E-state index is 12.9. The van der Waals surface area contributed by atoms with E-state index in [2.05, 4.69) is 10.6 Å². The van der Waals surface area contributed by atoms with Gasteiger partial charge in [0.1, 0.15) is 0 Å². The van der Waals surface area contributed by atoms with Crippen LogP contribution >= 0.6 is 0 Å². The lowest BCUT2D eigenvalue weighted by Gasteiger charge is -2.32. The topological polar surface area (TPSA) is 61.4 Å². The number of amides is 1. The molecule has 1 aliphatic rings. The third kappa shape index (κ3) is 3.28. The summed E-state index contributed by atoms with van der Waals surface area (Å²) in [6.45, 7) is 1.72. The molecule has 1 amide bonds. The van der Waals surface area contributed by atoms with E-state index >= 15 is 0 Å². The summed E-state index contributed by atoms with van der Waals surface area (Å²) >= 11 is 0. The van der Waals surface area contributed by atoms with E-state index in [1.54, 1.807) is 24.3 Å². The smallest absolute Gasteiger partial charge is 0.261 e. The normalized spacial score (nSPS) is 18.4. The molecule has 4 heteroatoms. The van der Waals surface area contributed by atoms with E-state index in [1.165, 1.54) is 0 Å². The van der Waals surface area contributed by atoms with Gasteiger partial charge in [-0.3, -0.25) is 4.79 Å². The molecule has 1 unspecified atom stereocenters. The van der Waals surface area contributed by atoms with Gasteiger partial charge in [0, 0.05) is 12.6 Å². The summed E-state index contributed by atoms with van der Waals surface area (Å²) < 4.78 is 0. The maximum Gasteiger partial charge on any atom is 0.261 e. The van der Waals surface area contributed by atoms with Crippen LogP contribution in [0, 0.1) is 0 Å². The first kappa shape index (κ1) is 15.7. The van der Waals surface area contributed by atoms with Crippen LogP contribution in [0.1, 0.15) is 24.0 Å². The minimum absolute atomic E-state index is 0.0511. The number of benzene rings is 2. The van der Waals surface area contributed by atoms with E-state index < -0.39 is 5.60 Å². The van der Waals surface area contributed by atoms with Crippen molar-refractivity contribution in [1.29, 1.82) is 0 Å². The minimum Gasteiger partial charge on any atom is -0.372 e. The fourth-order valence-electron chi connectivity index (χ4n) is 3.05. The molecule has 0 bridgehead atoms. The fourth-order valence-corrected chi connectivity index (χ4v) is 3.05. The Morgan fingerprint density at radius 2 is 1.61 bits per heavy atom. The Balaban J connectivity index is 1.93. The Morgan fingerprint density at radius 3 is 2.09 bits per heavy atom. The van der Waals surface area contributed by atoms with Gasteiger partial charge in [0.05, 0.1) is 0 Å². The highest BCUT2D eigenvalue weighted by Crippen LogP contribution is 2.30. The minimum atomic E-state index is -1.68. The van der Waals surface area contributed by atoms with Gasteiger partial charge in [-0.2, -0.15) is 0 Å². The molecule has 3 N–H and O–H groups in total. The van der Waals surface area contributed by atoms with Gasteiger partial charge >= 0.3 is 0 Å². The first-order valence-corrected chi connectivity index (χ1v) is 8.06. The molecule has 1 saturated heterocycles. The lowest BCUT2D eigenvalue weighted by molar-refractivity contribution is -0.137. The molecule has 1 atom stereocenters. The van der Waals surface area contributed by atoms with Crippen LogP contribution in [-0.4, -0.2) is 30.1 Å². The fraction of sp³-hybridized carbons (Fsp3) is 0.316. The Hall–Kier alpha value is -2.17. The van der Waals surface area contributed by atoms with E-state index in [0.717, 1.165) is 25.9 Å². The first-order valence-electron chi connectivity index (χ1n) is 8.06. The highest BCUT2D eigenvalue weighted by molar-refractivity contribution is 5.90. The molecule has 0 saturated carbocycles. The number of piperidine rings is 1. The molecule has 1 heterocycles. The van der Waals surface area contributed by atoms with E-state index in [4.69, 9.17) is 0 Å². The lowest BCUT2D eigenvalue weighted by Crippen LogP contribution is -2.53. The third-order valence-electron chi connectivity index (χ3n) is 4.34. The molecule has 4 nitrogen and oxygen atoms in total. The zero-order valence-corrected chi connectivity index (χ0v) is 13.0. The standard InChI is InChI=1S/C19H22N2O2/c22-18(21-17-12-7-13-20-14-17)19(23,15-8-3-1-4-9-15)16-10-5-2-6-11-16/h1-6,8-11,17,20,23H,7,12-14H2,(H,21,22). The Bertz CT molecular complexity index is 597. The van der Waals surface area contributed by atoms with Gasteiger partial charge in [-0.15, -0.1) is 0 Å². The summed E-state index contributed by atoms with van der Waals surface area (Å²) in [5.41, 5.74) is -0.528. The summed E-state index contributed by atoms with van der Waals surface area (Å²) in [5.74, 6) is -0.372. The van der Waals surface area contributed by atoms with Gasteiger partial charge in [0.25, 0.3) is 5.91 Å². The lowest BCUT2D eigenvalue weighted by atomic mass is 9.85. The van der Waals surface area contributed by atoms with Crippen LogP contribution in [-0.2, 0) is 10.4 Å². The Labute approximate surface area is 136 Å². The molecule has 23 heavy (non-hydrogen) atoms. The van der Waals surface area contributed by atoms with E-state index in [-0.39, 0.29) is 11.9 Å². The van der Waals surface area contributed by atoms with Gasteiger partial charge in [0.2, 0.25) is 0 Å². The number of nitrogens with one attached hydrogen (secondary N) is 2. The molecule has 0 aliphatic carbocycles. The average Bonchev–Trinajstić information content (AvgIpc) is 2.63. The summed E-state index contributed by atoms with van der Waals surface area (Å²) in [7, 11) is 0. The zero-order valence-electron chi connectivity index (χ0n) is 13.0. The van der Waals surface area contributed by atoms with Gasteiger partial charge in [-0.1, -0.05) is 60.7 Å². The summed E-state index contributed by atoms with van der Waals surface area (Å²) in [6, 6.07) is 18.3. The number of rotatable bonds is 4. The number of carbonyl (C=O) groups is 1. The predicted molar refractivity (Wildman–Crippen MR) is 89.9 cm³/mol. The van der Waals surface area contributed by atoms with Gasteiger partial charge in [-0.25, -0.2) is 0 Å². The highest BCUT2D eigenvalue weighted by Gasteiger charge is 2.40. The quantitative estimate of drug-likeness (QED) is 0.807. The van der Waals surface area contributed by atoms with E-state index in [9.17, 15) is 9.90 Å². The molecule has 1 aliphatic heterocycles. The van der Waals surface area contributed by atoms with Crippen molar-refractivity contribution in [2.24, 2.45) is 0 Å². The van der Waals surface area contributed by atoms with Gasteiger partial charge in [-0.05, 0) is 30.5 Å². The van der Waals surface area contributed by atoms with Crippen molar-refractivity contribution >= 4 is 5.91 Å². The van der Waals surface area contributed by atoms with Crippen LogP contribution in [0.5, 0.6) is 0 Å². The summed E-state index contributed by atoms with van der Waals surface area (Å²) in [6.07, 6.45) is 1.96. The van der Waals surface area contributed by atoms with Crippen LogP contribution in [0.15, 0.2) is 60.7 Å². The molecular formula is C19H22N2O2. The maximum atomic E-state index is 12.9. The number of hydrogen-bond acceptors (Lipinski definition) is 3. The second kappa shape index (κ2) is 6.94. The molecule has 1 fully saturated rings. The molecule has 0 aromatic heterocycles. The SMILES string of the molecule is O=C(NC1CCCNC1)C(O)(c1ccccc1)c1ccccc1. The molecule has 2 aromatic carbocycles. The summed E-state index contributed by atoms with van der Waals surface area (Å²) in [5, 5.41) is 17.6. The first-order chi connectivity index (χ1) is 11.2. The highest BCUT2D eigenvalue weighted by atomic mass is 16.3.